The number of aromatic amines is 1. The Morgan fingerprint density at radius 2 is 1.48 bits per heavy atom. The molecular formula is C23H20N6. The van der Waals surface area contributed by atoms with Gasteiger partial charge in [0, 0.05) is 35.3 Å². The maximum absolute atomic E-state index is 4.77. The predicted octanol–water partition coefficient (Wildman–Crippen LogP) is 5.64. The summed E-state index contributed by atoms with van der Waals surface area (Å²) in [6.07, 6.45) is 0. The second-order valence-corrected chi connectivity index (χ2v) is 6.77. The predicted molar refractivity (Wildman–Crippen MR) is 120 cm³/mol. The van der Waals surface area contributed by atoms with Crippen LogP contribution in [0.1, 0.15) is 0 Å². The second-order valence-electron chi connectivity index (χ2n) is 6.77. The van der Waals surface area contributed by atoms with Crippen LogP contribution in [0.5, 0.6) is 0 Å². The lowest BCUT2D eigenvalue weighted by Gasteiger charge is -2.12. The van der Waals surface area contributed by atoms with Gasteiger partial charge >= 0.3 is 0 Å². The number of hydrogen-bond acceptors (Lipinski definition) is 5. The molecule has 0 radical (unpaired) electrons. The van der Waals surface area contributed by atoms with E-state index >= 15 is 0 Å². The lowest BCUT2D eigenvalue weighted by Crippen LogP contribution is -1.99. The number of anilines is 5. The molecule has 5 aromatic rings. The fourth-order valence-corrected chi connectivity index (χ4v) is 3.40. The summed E-state index contributed by atoms with van der Waals surface area (Å²) in [5.74, 6) is 1.56. The van der Waals surface area contributed by atoms with E-state index in [4.69, 9.17) is 4.98 Å². The first-order valence-corrected chi connectivity index (χ1v) is 9.45. The average Bonchev–Trinajstić information content (AvgIpc) is 3.17. The zero-order valence-corrected chi connectivity index (χ0v) is 15.9. The first-order chi connectivity index (χ1) is 14.3. The van der Waals surface area contributed by atoms with Crippen molar-refractivity contribution >= 4 is 50.5 Å². The van der Waals surface area contributed by atoms with Crippen molar-refractivity contribution in [2.45, 2.75) is 0 Å². The molecule has 0 saturated carbocycles. The number of H-pyrrole nitrogens is 1. The second kappa shape index (κ2) is 7.16. The molecule has 0 amide bonds. The van der Waals surface area contributed by atoms with Crippen molar-refractivity contribution in [2.24, 2.45) is 0 Å². The van der Waals surface area contributed by atoms with E-state index < -0.39 is 0 Å². The van der Waals surface area contributed by atoms with Crippen molar-refractivity contribution < 1.29 is 0 Å². The number of aromatic nitrogens is 3. The Morgan fingerprint density at radius 1 is 0.759 bits per heavy atom. The summed E-state index contributed by atoms with van der Waals surface area (Å²) in [4.78, 5) is 4.77. The zero-order chi connectivity index (χ0) is 19.6. The zero-order valence-electron chi connectivity index (χ0n) is 15.9. The van der Waals surface area contributed by atoms with Crippen molar-refractivity contribution in [1.29, 1.82) is 0 Å². The van der Waals surface area contributed by atoms with Crippen molar-refractivity contribution in [3.63, 3.8) is 0 Å². The van der Waals surface area contributed by atoms with E-state index in [-0.39, 0.29) is 0 Å². The average molecular weight is 380 g/mol. The molecule has 0 aliphatic carbocycles. The van der Waals surface area contributed by atoms with Crippen molar-refractivity contribution in [3.8, 4) is 0 Å². The minimum absolute atomic E-state index is 0.767. The van der Waals surface area contributed by atoms with Gasteiger partial charge in [-0.15, -0.1) is 0 Å². The van der Waals surface area contributed by atoms with Gasteiger partial charge in [-0.2, -0.15) is 5.10 Å². The molecule has 2 aromatic heterocycles. The summed E-state index contributed by atoms with van der Waals surface area (Å²) < 4.78 is 0. The monoisotopic (exact) mass is 380 g/mol. The summed E-state index contributed by atoms with van der Waals surface area (Å²) in [7, 11) is 1.91. The third kappa shape index (κ3) is 3.32. The summed E-state index contributed by atoms with van der Waals surface area (Å²) in [5, 5.41) is 19.6. The van der Waals surface area contributed by atoms with Gasteiger partial charge in [0.15, 0.2) is 5.82 Å². The van der Waals surface area contributed by atoms with Gasteiger partial charge in [-0.25, -0.2) is 4.98 Å². The molecule has 0 saturated heterocycles. The van der Waals surface area contributed by atoms with Crippen molar-refractivity contribution in [3.05, 3.63) is 78.9 Å². The first kappa shape index (κ1) is 17.1. The van der Waals surface area contributed by atoms with Gasteiger partial charge in [0.05, 0.1) is 16.7 Å². The Labute approximate surface area is 168 Å². The first-order valence-electron chi connectivity index (χ1n) is 9.45. The van der Waals surface area contributed by atoms with Crippen LogP contribution in [0.2, 0.25) is 0 Å². The normalized spacial score (nSPS) is 10.9. The smallest absolute Gasteiger partial charge is 0.160 e. The van der Waals surface area contributed by atoms with Crippen LogP contribution in [0.15, 0.2) is 78.9 Å². The molecule has 0 bridgehead atoms. The highest BCUT2D eigenvalue weighted by atomic mass is 15.2. The largest absolute Gasteiger partial charge is 0.388 e. The molecule has 6 nitrogen and oxygen atoms in total. The molecule has 0 fully saturated rings. The SMILES string of the molecule is CNc1ccc(Nc2cc(Nc3n[nH]c4ccccc34)c3ccccc3n2)cc1. The van der Waals surface area contributed by atoms with E-state index in [1.807, 2.05) is 79.8 Å². The number of fused-ring (bicyclic) bond motifs is 2. The summed E-state index contributed by atoms with van der Waals surface area (Å²) >= 11 is 0. The van der Waals surface area contributed by atoms with E-state index in [0.717, 1.165) is 50.5 Å². The van der Waals surface area contributed by atoms with Crippen LogP contribution in [0, 0.1) is 0 Å². The number of para-hydroxylation sites is 2. The third-order valence-corrected chi connectivity index (χ3v) is 4.89. The molecule has 0 unspecified atom stereocenters. The number of nitrogens with one attached hydrogen (secondary N) is 4. The molecule has 29 heavy (non-hydrogen) atoms. The number of nitrogens with zero attached hydrogens (tertiary/aromatic N) is 2. The maximum Gasteiger partial charge on any atom is 0.160 e. The molecule has 3 aromatic carbocycles. The van der Waals surface area contributed by atoms with E-state index in [2.05, 4.69) is 32.2 Å². The highest BCUT2D eigenvalue weighted by molar-refractivity contribution is 5.98. The fourth-order valence-electron chi connectivity index (χ4n) is 3.40. The van der Waals surface area contributed by atoms with E-state index in [9.17, 15) is 0 Å². The van der Waals surface area contributed by atoms with Crippen LogP contribution in [-0.4, -0.2) is 22.2 Å². The number of rotatable bonds is 5. The molecule has 0 spiro atoms. The van der Waals surface area contributed by atoms with Crippen molar-refractivity contribution in [1.82, 2.24) is 15.2 Å². The Bertz CT molecular complexity index is 1290. The van der Waals surface area contributed by atoms with Gasteiger partial charge in [0.2, 0.25) is 0 Å². The minimum Gasteiger partial charge on any atom is -0.388 e. The van der Waals surface area contributed by atoms with Crippen LogP contribution in [0.4, 0.5) is 28.7 Å². The molecular weight excluding hydrogens is 360 g/mol. The summed E-state index contributed by atoms with van der Waals surface area (Å²) in [6, 6.07) is 26.3. The summed E-state index contributed by atoms with van der Waals surface area (Å²) in [6.45, 7) is 0. The molecule has 142 valence electrons. The Kier molecular flexibility index (Phi) is 4.22. The Hall–Kier alpha value is -4.06. The van der Waals surface area contributed by atoms with Crippen LogP contribution >= 0.6 is 0 Å². The molecule has 0 atom stereocenters. The molecule has 5 rings (SSSR count). The highest BCUT2D eigenvalue weighted by Crippen LogP contribution is 2.31. The van der Waals surface area contributed by atoms with Crippen molar-refractivity contribution in [2.75, 3.05) is 23.0 Å². The lowest BCUT2D eigenvalue weighted by atomic mass is 10.1. The molecule has 2 heterocycles. The fraction of sp³-hybridized carbons (Fsp3) is 0.0435. The van der Waals surface area contributed by atoms with Gasteiger partial charge in [0.1, 0.15) is 5.82 Å². The van der Waals surface area contributed by atoms with Crippen LogP contribution in [0.25, 0.3) is 21.8 Å². The standard InChI is InChI=1S/C23H20N6/c1-24-15-10-12-16(13-11-15)25-22-14-21(17-6-2-4-8-19(17)26-22)27-23-18-7-3-5-9-20(18)28-29-23/h2-14,24H,1H3,(H3,25,26,27,28,29). The van der Waals surface area contributed by atoms with Gasteiger partial charge in [0.25, 0.3) is 0 Å². The summed E-state index contributed by atoms with van der Waals surface area (Å²) in [5.41, 5.74) is 4.89. The lowest BCUT2D eigenvalue weighted by molar-refractivity contribution is 1.12. The van der Waals surface area contributed by atoms with Gasteiger partial charge < -0.3 is 16.0 Å². The van der Waals surface area contributed by atoms with Gasteiger partial charge in [-0.3, -0.25) is 5.10 Å². The quantitative estimate of drug-likeness (QED) is 0.317. The molecule has 4 N–H and O–H groups in total. The molecule has 0 aliphatic rings. The molecule has 0 aliphatic heterocycles. The molecule has 6 heteroatoms. The van der Waals surface area contributed by atoms with E-state index in [0.29, 0.717) is 0 Å². The van der Waals surface area contributed by atoms with Crippen LogP contribution < -0.4 is 16.0 Å². The van der Waals surface area contributed by atoms with E-state index in [1.54, 1.807) is 0 Å². The number of benzene rings is 3. The van der Waals surface area contributed by atoms with E-state index in [1.165, 1.54) is 0 Å². The minimum atomic E-state index is 0.767. The topological polar surface area (TPSA) is 77.7 Å². The Morgan fingerprint density at radius 3 is 2.31 bits per heavy atom. The highest BCUT2D eigenvalue weighted by Gasteiger charge is 2.10. The number of pyridine rings is 1. The van der Waals surface area contributed by atoms with Gasteiger partial charge in [-0.05, 0) is 42.5 Å². The third-order valence-electron chi connectivity index (χ3n) is 4.89. The maximum atomic E-state index is 4.77. The van der Waals surface area contributed by atoms with Crippen LogP contribution in [-0.2, 0) is 0 Å². The van der Waals surface area contributed by atoms with Crippen LogP contribution in [0.3, 0.4) is 0 Å². The van der Waals surface area contributed by atoms with Gasteiger partial charge in [-0.1, -0.05) is 30.3 Å². The number of hydrogen-bond donors (Lipinski definition) is 4. The Balaban J connectivity index is 1.54.